The number of fused-ring (bicyclic) bond motifs is 5. The van der Waals surface area contributed by atoms with Gasteiger partial charge < -0.3 is 0 Å². The van der Waals surface area contributed by atoms with E-state index in [0.29, 0.717) is 0 Å². The molecule has 0 aromatic heterocycles. The van der Waals surface area contributed by atoms with Gasteiger partial charge in [-0.15, -0.1) is 17.5 Å². The molecule has 0 bridgehead atoms. The molecule has 50 heavy (non-hydrogen) atoms. The van der Waals surface area contributed by atoms with Crippen LogP contribution < -0.4 is 0 Å². The molecule has 0 spiro atoms. The maximum Gasteiger partial charge on any atom is -0.109 e. The van der Waals surface area contributed by atoms with Gasteiger partial charge >= 0.3 is 166 Å². The number of rotatable bonds is 2. The Balaban J connectivity index is 0.000000153. The molecule has 0 saturated carbocycles. The van der Waals surface area contributed by atoms with Gasteiger partial charge in [0.25, 0.3) is 0 Å². The minimum absolute atomic E-state index is 0.167. The first-order valence-electron chi connectivity index (χ1n) is 17.2. The van der Waals surface area contributed by atoms with Gasteiger partial charge in [0.1, 0.15) is 0 Å². The van der Waals surface area contributed by atoms with Crippen LogP contribution in [-0.2, 0) is 41.5 Å². The van der Waals surface area contributed by atoms with Gasteiger partial charge in [-0.1, -0.05) is 65.3 Å². The summed E-state index contributed by atoms with van der Waals surface area (Å²) in [4.78, 5) is 0. The van der Waals surface area contributed by atoms with Crippen LogP contribution in [0.15, 0.2) is 121 Å². The van der Waals surface area contributed by atoms with Crippen molar-refractivity contribution in [2.24, 2.45) is 0 Å². The molecule has 2 aliphatic rings. The van der Waals surface area contributed by atoms with Crippen LogP contribution >= 0.6 is 23.2 Å². The molecule has 0 amide bonds. The number of allylic oxidation sites excluding steroid dienone is 4. The Morgan fingerprint density at radius 3 is 1.70 bits per heavy atom. The number of halogens is 2. The molecule has 0 heterocycles. The zero-order chi connectivity index (χ0) is 35.6. The molecule has 3 heteroatoms. The van der Waals surface area contributed by atoms with Crippen molar-refractivity contribution in [2.75, 3.05) is 0 Å². The molecule has 8 rings (SSSR count). The van der Waals surface area contributed by atoms with Gasteiger partial charge in [-0.2, -0.15) is 29.8 Å². The number of hydrogen-bond donors (Lipinski definition) is 0. The fraction of sp³-hybridized carbons (Fsp3) is 0.213. The average molecular weight is 769 g/mol. The summed E-state index contributed by atoms with van der Waals surface area (Å²) < 4.78 is 1.31. The van der Waals surface area contributed by atoms with Crippen molar-refractivity contribution in [3.8, 4) is 11.1 Å². The van der Waals surface area contributed by atoms with Crippen molar-refractivity contribution in [3.63, 3.8) is 0 Å². The maximum absolute atomic E-state index is 6.38. The first-order valence-corrected chi connectivity index (χ1v) is 19.2. The van der Waals surface area contributed by atoms with Gasteiger partial charge in [-0.3, -0.25) is 6.08 Å². The molecule has 2 aliphatic carbocycles. The summed E-state index contributed by atoms with van der Waals surface area (Å²) in [5.74, 6) is 0. The fourth-order valence-corrected chi connectivity index (χ4v) is 8.04. The predicted octanol–water partition coefficient (Wildman–Crippen LogP) is 13.4. The second kappa shape index (κ2) is 15.1. The van der Waals surface area contributed by atoms with E-state index in [2.05, 4.69) is 139 Å². The third-order valence-corrected chi connectivity index (χ3v) is 11.3. The number of benzene rings is 6. The molecule has 0 unspecified atom stereocenters. The second-order valence-electron chi connectivity index (χ2n) is 15.0. The molecule has 0 atom stereocenters. The van der Waals surface area contributed by atoms with Gasteiger partial charge in [0, 0.05) is 0 Å². The van der Waals surface area contributed by atoms with Crippen LogP contribution in [0.4, 0.5) is 0 Å². The van der Waals surface area contributed by atoms with E-state index in [1.54, 1.807) is 0 Å². The SMILES string of the molecule is CC(C)(C)c1[c-]c2c(cc1)-c1ccc(C(C)(C)C)cc1C2.Clc1cccc2c([C](=[Zr+2])c3cccc4c(Cl)cccc34)cccc12.[C-]1=CC=CC1. The van der Waals surface area contributed by atoms with Crippen molar-refractivity contribution in [2.45, 2.75) is 65.2 Å². The van der Waals surface area contributed by atoms with Crippen LogP contribution in [0.3, 0.4) is 0 Å². The molecular formula is C47H42Cl2Zr. The largest absolute Gasteiger partial charge is 0.273 e. The molecule has 0 aliphatic heterocycles. The Kier molecular flexibility index (Phi) is 11.0. The van der Waals surface area contributed by atoms with Crippen molar-refractivity contribution < 1.29 is 24.2 Å². The van der Waals surface area contributed by atoms with Crippen molar-refractivity contribution in [1.82, 2.24) is 0 Å². The molecule has 0 N–H and O–H groups in total. The predicted molar refractivity (Wildman–Crippen MR) is 214 cm³/mol. The van der Waals surface area contributed by atoms with Gasteiger partial charge in [-0.05, 0) is 28.4 Å². The van der Waals surface area contributed by atoms with E-state index in [0.717, 1.165) is 33.7 Å². The Morgan fingerprint density at radius 1 is 0.640 bits per heavy atom. The van der Waals surface area contributed by atoms with Gasteiger partial charge in [0.2, 0.25) is 0 Å². The molecule has 248 valence electrons. The van der Waals surface area contributed by atoms with Crippen LogP contribution in [0.25, 0.3) is 32.7 Å². The smallest absolute Gasteiger partial charge is 0.109 e. The first-order chi connectivity index (χ1) is 23.8. The van der Waals surface area contributed by atoms with Gasteiger partial charge in [-0.25, -0.2) is 12.2 Å². The standard InChI is InChI=1S/C21H12Cl2.C21H25.C5H5.Zr/c22-20-11-3-7-16-14(5-1-9-18(16)20)13-15-6-2-10-19-17(15)8-4-12-21(19)23;1-20(2,3)16-7-9-18-14(12-16)11-15-13-17(21(4,5)6)8-10-19(15)18;1-2-4-5-3-1;/h1-12H;7-10,12H,11H2,1-6H3;1-3H,4H2;/q;2*-1;+2. The van der Waals surface area contributed by atoms with Gasteiger partial charge in [0.15, 0.2) is 0 Å². The average Bonchev–Trinajstić information content (AvgIpc) is 3.79. The van der Waals surface area contributed by atoms with E-state index in [-0.39, 0.29) is 10.8 Å². The zero-order valence-corrected chi connectivity index (χ0v) is 33.7. The van der Waals surface area contributed by atoms with Crippen LogP contribution in [0, 0.1) is 12.1 Å². The van der Waals surface area contributed by atoms with Crippen LogP contribution in [0.5, 0.6) is 0 Å². The quantitative estimate of drug-likeness (QED) is 0.154. The Bertz CT molecular complexity index is 2120. The Hall–Kier alpha value is -3.35. The summed E-state index contributed by atoms with van der Waals surface area (Å²) in [7, 11) is 0. The summed E-state index contributed by atoms with van der Waals surface area (Å²) in [5.41, 5.74) is 11.2. The van der Waals surface area contributed by atoms with E-state index in [4.69, 9.17) is 23.2 Å². The van der Waals surface area contributed by atoms with Crippen LogP contribution in [0.1, 0.15) is 81.3 Å². The molecule has 6 aromatic carbocycles. The monoisotopic (exact) mass is 766 g/mol. The minimum atomic E-state index is 0.167. The van der Waals surface area contributed by atoms with E-state index < -0.39 is 0 Å². The summed E-state index contributed by atoms with van der Waals surface area (Å²) in [6.07, 6.45) is 11.0. The molecule has 0 saturated heterocycles. The van der Waals surface area contributed by atoms with Crippen molar-refractivity contribution >= 4 is 48.0 Å². The summed E-state index contributed by atoms with van der Waals surface area (Å²) in [5, 5.41) is 6.15. The molecule has 0 radical (unpaired) electrons. The van der Waals surface area contributed by atoms with E-state index >= 15 is 0 Å². The number of hydrogen-bond acceptors (Lipinski definition) is 0. The normalized spacial score (nSPS) is 13.0. The summed E-state index contributed by atoms with van der Waals surface area (Å²) in [6.45, 7) is 13.6. The van der Waals surface area contributed by atoms with Crippen molar-refractivity contribution in [1.29, 1.82) is 0 Å². The molecule has 0 nitrogen and oxygen atoms in total. The summed E-state index contributed by atoms with van der Waals surface area (Å²) in [6, 6.07) is 40.0. The zero-order valence-electron chi connectivity index (χ0n) is 29.7. The fourth-order valence-electron chi connectivity index (χ4n) is 6.49. The van der Waals surface area contributed by atoms with Gasteiger partial charge in [0.05, 0.1) is 0 Å². The Labute approximate surface area is 323 Å². The van der Waals surface area contributed by atoms with E-state index in [1.165, 1.54) is 82.7 Å². The van der Waals surface area contributed by atoms with Crippen LogP contribution in [0.2, 0.25) is 10.0 Å². The maximum atomic E-state index is 6.38. The first kappa shape index (κ1) is 36.4. The van der Waals surface area contributed by atoms with E-state index in [1.807, 2.05) is 36.4 Å². The topological polar surface area (TPSA) is 0 Å². The Morgan fingerprint density at radius 2 is 1.20 bits per heavy atom. The molecule has 0 fully saturated rings. The molecule has 6 aromatic rings. The third-order valence-electron chi connectivity index (χ3n) is 9.33. The minimum Gasteiger partial charge on any atom is -0.273 e. The van der Waals surface area contributed by atoms with E-state index in [9.17, 15) is 0 Å². The van der Waals surface area contributed by atoms with Crippen molar-refractivity contribution in [3.05, 3.63) is 177 Å². The summed E-state index contributed by atoms with van der Waals surface area (Å²) >= 11 is 14.1. The second-order valence-corrected chi connectivity index (χ2v) is 17.0. The molecular weight excluding hydrogens is 727 g/mol. The third kappa shape index (κ3) is 7.92. The van der Waals surface area contributed by atoms with Crippen LogP contribution in [-0.4, -0.2) is 3.21 Å².